The van der Waals surface area contributed by atoms with Gasteiger partial charge in [0.2, 0.25) is 0 Å². The molecule has 1 aromatic carbocycles. The Balaban J connectivity index is 2.06. The van der Waals surface area contributed by atoms with Crippen molar-refractivity contribution in [3.8, 4) is 5.75 Å². The van der Waals surface area contributed by atoms with Crippen LogP contribution in [0, 0.1) is 5.82 Å². The summed E-state index contributed by atoms with van der Waals surface area (Å²) in [7, 11) is 0. The first-order valence-corrected chi connectivity index (χ1v) is 7.63. The van der Waals surface area contributed by atoms with Crippen LogP contribution in [0.2, 0.25) is 0 Å². The number of nitrogens with two attached hydrogens (primary N) is 1. The van der Waals surface area contributed by atoms with Gasteiger partial charge in [0, 0.05) is 34.5 Å². The number of halogens is 2. The number of hydrogen-bond donors (Lipinski definition) is 1. The third-order valence-corrected chi connectivity index (χ3v) is 3.55. The third kappa shape index (κ3) is 5.10. The Morgan fingerprint density at radius 1 is 1.24 bits per heavy atom. The summed E-state index contributed by atoms with van der Waals surface area (Å²) < 4.78 is 20.2. The van der Waals surface area contributed by atoms with E-state index in [1.807, 2.05) is 19.1 Å². The van der Waals surface area contributed by atoms with Gasteiger partial charge in [-0.05, 0) is 52.5 Å². The van der Waals surface area contributed by atoms with Gasteiger partial charge in [-0.15, -0.1) is 0 Å². The van der Waals surface area contributed by atoms with E-state index in [0.717, 1.165) is 22.0 Å². The Kier molecular flexibility index (Phi) is 5.70. The Morgan fingerprint density at radius 3 is 2.76 bits per heavy atom. The largest absolute Gasteiger partial charge is 0.489 e. The van der Waals surface area contributed by atoms with Gasteiger partial charge in [-0.3, -0.25) is 4.98 Å². The molecule has 0 fully saturated rings. The Morgan fingerprint density at radius 2 is 2.05 bits per heavy atom. The fourth-order valence-electron chi connectivity index (χ4n) is 1.97. The van der Waals surface area contributed by atoms with Crippen molar-refractivity contribution in [3.05, 3.63) is 58.1 Å². The Hall–Kier alpha value is -1.46. The molecule has 0 amide bonds. The SMILES string of the molecule is CCC(N)Cc1cc(F)cc(OCc2cncc(Br)c2)c1. The van der Waals surface area contributed by atoms with Gasteiger partial charge in [0.25, 0.3) is 0 Å². The number of aromatic nitrogens is 1. The molecule has 0 aliphatic rings. The quantitative estimate of drug-likeness (QED) is 0.858. The van der Waals surface area contributed by atoms with Gasteiger partial charge in [-0.25, -0.2) is 4.39 Å². The van der Waals surface area contributed by atoms with Crippen molar-refractivity contribution in [2.45, 2.75) is 32.4 Å². The normalized spacial score (nSPS) is 12.2. The second kappa shape index (κ2) is 7.52. The molecule has 0 saturated carbocycles. The van der Waals surface area contributed by atoms with Crippen molar-refractivity contribution in [1.29, 1.82) is 0 Å². The lowest BCUT2D eigenvalue weighted by Crippen LogP contribution is -2.21. The maximum Gasteiger partial charge on any atom is 0.127 e. The molecule has 0 bridgehead atoms. The Bertz CT molecular complexity index is 607. The van der Waals surface area contributed by atoms with Crippen LogP contribution in [0.3, 0.4) is 0 Å². The van der Waals surface area contributed by atoms with Crippen LogP contribution < -0.4 is 10.5 Å². The lowest BCUT2D eigenvalue weighted by Gasteiger charge is -2.11. The van der Waals surface area contributed by atoms with Crippen molar-refractivity contribution in [3.63, 3.8) is 0 Å². The number of rotatable bonds is 6. The van der Waals surface area contributed by atoms with Crippen LogP contribution in [0.4, 0.5) is 4.39 Å². The summed E-state index contributed by atoms with van der Waals surface area (Å²) >= 11 is 3.35. The van der Waals surface area contributed by atoms with Gasteiger partial charge >= 0.3 is 0 Å². The average Bonchev–Trinajstić information content (AvgIpc) is 2.44. The summed E-state index contributed by atoms with van der Waals surface area (Å²) in [5.74, 6) is 0.200. The van der Waals surface area contributed by atoms with Crippen molar-refractivity contribution in [2.75, 3.05) is 0 Å². The van der Waals surface area contributed by atoms with Crippen LogP contribution in [0.1, 0.15) is 24.5 Å². The van der Waals surface area contributed by atoms with Gasteiger partial charge in [0.05, 0.1) is 0 Å². The molecule has 1 heterocycles. The van der Waals surface area contributed by atoms with E-state index in [9.17, 15) is 4.39 Å². The zero-order chi connectivity index (χ0) is 15.2. The standard InChI is InChI=1S/C16H18BrFN2O/c1-2-15(19)5-11-4-14(18)7-16(6-11)21-10-12-3-13(17)9-20-8-12/h3-4,6-9,15H,2,5,10,19H2,1H3. The minimum atomic E-state index is -0.307. The number of pyridine rings is 1. The molecule has 0 radical (unpaired) electrons. The van der Waals surface area contributed by atoms with E-state index in [4.69, 9.17) is 10.5 Å². The number of nitrogens with zero attached hydrogens (tertiary/aromatic N) is 1. The zero-order valence-corrected chi connectivity index (χ0v) is 13.4. The fourth-order valence-corrected chi connectivity index (χ4v) is 2.38. The monoisotopic (exact) mass is 352 g/mol. The van der Waals surface area contributed by atoms with Gasteiger partial charge in [-0.2, -0.15) is 0 Å². The summed E-state index contributed by atoms with van der Waals surface area (Å²) in [6, 6.07) is 6.67. The molecule has 1 unspecified atom stereocenters. The van der Waals surface area contributed by atoms with Crippen molar-refractivity contribution < 1.29 is 9.13 Å². The molecule has 1 aromatic heterocycles. The molecule has 2 N–H and O–H groups in total. The van der Waals surface area contributed by atoms with Crippen LogP contribution in [0.25, 0.3) is 0 Å². The summed E-state index contributed by atoms with van der Waals surface area (Å²) in [4.78, 5) is 4.06. The van der Waals surface area contributed by atoms with E-state index in [1.54, 1.807) is 12.4 Å². The molecule has 0 aliphatic heterocycles. The second-order valence-corrected chi connectivity index (χ2v) is 5.88. The lowest BCUT2D eigenvalue weighted by atomic mass is 10.0. The van der Waals surface area contributed by atoms with Gasteiger partial charge in [0.15, 0.2) is 0 Å². The van der Waals surface area contributed by atoms with E-state index in [-0.39, 0.29) is 11.9 Å². The highest BCUT2D eigenvalue weighted by molar-refractivity contribution is 9.10. The highest BCUT2D eigenvalue weighted by Gasteiger charge is 2.06. The molecule has 112 valence electrons. The van der Waals surface area contributed by atoms with Crippen LogP contribution in [0.5, 0.6) is 5.75 Å². The molecule has 21 heavy (non-hydrogen) atoms. The number of hydrogen-bond acceptors (Lipinski definition) is 3. The first-order chi connectivity index (χ1) is 10.1. The topological polar surface area (TPSA) is 48.1 Å². The highest BCUT2D eigenvalue weighted by atomic mass is 79.9. The van der Waals surface area contributed by atoms with Crippen molar-refractivity contribution >= 4 is 15.9 Å². The first kappa shape index (κ1) is 15.9. The predicted octanol–water partition coefficient (Wildman–Crippen LogP) is 3.84. The summed E-state index contributed by atoms with van der Waals surface area (Å²) in [6.07, 6.45) is 4.92. The van der Waals surface area contributed by atoms with E-state index in [2.05, 4.69) is 20.9 Å². The van der Waals surface area contributed by atoms with E-state index >= 15 is 0 Å². The molecule has 2 rings (SSSR count). The van der Waals surface area contributed by atoms with Gasteiger partial charge in [-0.1, -0.05) is 6.92 Å². The molecule has 0 saturated heterocycles. The molecule has 0 aliphatic carbocycles. The van der Waals surface area contributed by atoms with E-state index < -0.39 is 0 Å². The van der Waals surface area contributed by atoms with Crippen LogP contribution in [0.15, 0.2) is 41.1 Å². The van der Waals surface area contributed by atoms with E-state index in [1.165, 1.54) is 12.1 Å². The molecule has 5 heteroatoms. The summed E-state index contributed by atoms with van der Waals surface area (Å²) in [5, 5.41) is 0. The summed E-state index contributed by atoms with van der Waals surface area (Å²) in [6.45, 7) is 2.36. The third-order valence-electron chi connectivity index (χ3n) is 3.12. The average molecular weight is 353 g/mol. The molecule has 1 atom stereocenters. The van der Waals surface area contributed by atoms with Crippen LogP contribution in [-0.2, 0) is 13.0 Å². The molecular weight excluding hydrogens is 335 g/mol. The summed E-state index contributed by atoms with van der Waals surface area (Å²) in [5.41, 5.74) is 7.68. The second-order valence-electron chi connectivity index (χ2n) is 4.97. The van der Waals surface area contributed by atoms with Crippen molar-refractivity contribution in [1.82, 2.24) is 4.98 Å². The smallest absolute Gasteiger partial charge is 0.127 e. The number of ether oxygens (including phenoxy) is 1. The highest BCUT2D eigenvalue weighted by Crippen LogP contribution is 2.20. The first-order valence-electron chi connectivity index (χ1n) is 6.84. The molecule has 3 nitrogen and oxygen atoms in total. The molecule has 2 aromatic rings. The molecule has 0 spiro atoms. The maximum absolute atomic E-state index is 13.6. The Labute approximate surface area is 132 Å². The minimum Gasteiger partial charge on any atom is -0.489 e. The lowest BCUT2D eigenvalue weighted by molar-refractivity contribution is 0.303. The predicted molar refractivity (Wildman–Crippen MR) is 84.6 cm³/mol. The van der Waals surface area contributed by atoms with Crippen LogP contribution in [-0.4, -0.2) is 11.0 Å². The maximum atomic E-state index is 13.6. The minimum absolute atomic E-state index is 0.0360. The van der Waals surface area contributed by atoms with Crippen molar-refractivity contribution in [2.24, 2.45) is 5.73 Å². The van der Waals surface area contributed by atoms with Crippen LogP contribution >= 0.6 is 15.9 Å². The van der Waals surface area contributed by atoms with Gasteiger partial charge in [0.1, 0.15) is 18.2 Å². The molecular formula is C16H18BrFN2O. The number of benzene rings is 1. The zero-order valence-electron chi connectivity index (χ0n) is 11.9. The van der Waals surface area contributed by atoms with Gasteiger partial charge < -0.3 is 10.5 Å². The fraction of sp³-hybridized carbons (Fsp3) is 0.312. The van der Waals surface area contributed by atoms with E-state index in [0.29, 0.717) is 18.8 Å².